The number of nitrogens with zero attached hydrogens (tertiary/aromatic N) is 1. The van der Waals surface area contributed by atoms with Crippen LogP contribution in [0.15, 0.2) is 24.3 Å². The summed E-state index contributed by atoms with van der Waals surface area (Å²) in [6.45, 7) is 2.54. The molecule has 0 aromatic heterocycles. The highest BCUT2D eigenvalue weighted by atomic mass is 19.1. The third-order valence-corrected chi connectivity index (χ3v) is 7.99. The van der Waals surface area contributed by atoms with E-state index in [0.29, 0.717) is 37.6 Å². The van der Waals surface area contributed by atoms with Gasteiger partial charge in [0.15, 0.2) is 0 Å². The molecule has 2 amide bonds. The van der Waals surface area contributed by atoms with Crippen molar-refractivity contribution in [3.8, 4) is 0 Å². The zero-order valence-electron chi connectivity index (χ0n) is 21.7. The number of benzene rings is 1. The Balaban J connectivity index is 1.67. The molecule has 0 unspecified atom stereocenters. The highest BCUT2D eigenvalue weighted by Gasteiger charge is 2.41. The van der Waals surface area contributed by atoms with Crippen molar-refractivity contribution < 1.29 is 19.0 Å². The first-order valence-corrected chi connectivity index (χ1v) is 13.6. The molecule has 35 heavy (non-hydrogen) atoms. The number of ether oxygens (including phenoxy) is 1. The Bertz CT molecular complexity index is 774. The average molecular weight is 492 g/mol. The van der Waals surface area contributed by atoms with Crippen LogP contribution in [0.5, 0.6) is 0 Å². The van der Waals surface area contributed by atoms with Gasteiger partial charge in [-0.1, -0.05) is 44.2 Å². The molecule has 2 fully saturated rings. The van der Waals surface area contributed by atoms with Crippen LogP contribution >= 0.6 is 0 Å². The van der Waals surface area contributed by atoms with E-state index in [4.69, 9.17) is 4.74 Å². The zero-order chi connectivity index (χ0) is 25.1. The molecule has 3 N–H and O–H groups in total. The van der Waals surface area contributed by atoms with Crippen LogP contribution in [0.2, 0.25) is 0 Å². The third-order valence-electron chi connectivity index (χ3n) is 7.99. The number of carbonyl (C=O) groups excluding carboxylic acids is 1. The second kappa shape index (κ2) is 14.1. The van der Waals surface area contributed by atoms with Crippen molar-refractivity contribution in [1.82, 2.24) is 15.5 Å². The molecule has 1 heterocycles. The Labute approximate surface area is 211 Å². The lowest BCUT2D eigenvalue weighted by Crippen LogP contribution is -2.54. The molecular formula is C28H46FN3O3. The van der Waals surface area contributed by atoms with Crippen molar-refractivity contribution >= 4 is 6.03 Å². The smallest absolute Gasteiger partial charge is 0.317 e. The van der Waals surface area contributed by atoms with E-state index >= 15 is 0 Å². The molecule has 1 aliphatic heterocycles. The van der Waals surface area contributed by atoms with Crippen LogP contribution in [0.4, 0.5) is 9.18 Å². The standard InChI is InChI=1S/C28H46FN3O3/c1-30-20-26(18-22-10-4-3-5-11-22)31-27(33)32-16-9-13-24(21-32)28(34,15-6-7-17-35-2)23-12-8-14-25(29)19-23/h8,12,14,19,22,24,26,30,34H,3-7,9-11,13,15-18,20-21H2,1-2H3,(H,31,33)/t24-,26+,28-/m1/s1. The van der Waals surface area contributed by atoms with Crippen molar-refractivity contribution in [2.24, 2.45) is 11.8 Å². The van der Waals surface area contributed by atoms with E-state index in [9.17, 15) is 14.3 Å². The number of piperidine rings is 1. The number of methoxy groups -OCH3 is 1. The van der Waals surface area contributed by atoms with Crippen molar-refractivity contribution in [2.75, 3.05) is 40.4 Å². The highest BCUT2D eigenvalue weighted by Crippen LogP contribution is 2.40. The molecule has 1 aliphatic carbocycles. The number of hydrogen-bond acceptors (Lipinski definition) is 4. The number of carbonyl (C=O) groups is 1. The molecule has 0 bridgehead atoms. The summed E-state index contributed by atoms with van der Waals surface area (Å²) in [5.41, 5.74) is -0.575. The van der Waals surface area contributed by atoms with Gasteiger partial charge < -0.3 is 25.4 Å². The Morgan fingerprint density at radius 3 is 2.74 bits per heavy atom. The summed E-state index contributed by atoms with van der Waals surface area (Å²) in [5.74, 6) is 0.190. The van der Waals surface area contributed by atoms with Gasteiger partial charge in [0.1, 0.15) is 5.82 Å². The fraction of sp³-hybridized carbons (Fsp3) is 0.750. The second-order valence-corrected chi connectivity index (χ2v) is 10.6. The van der Waals surface area contributed by atoms with Crippen LogP contribution in [0.25, 0.3) is 0 Å². The summed E-state index contributed by atoms with van der Waals surface area (Å²) in [6, 6.07) is 6.38. The van der Waals surface area contributed by atoms with Gasteiger partial charge in [-0.25, -0.2) is 9.18 Å². The molecule has 0 radical (unpaired) electrons. The normalized spacial score (nSPS) is 21.9. The number of nitrogens with one attached hydrogen (secondary N) is 2. The molecular weight excluding hydrogens is 445 g/mol. The lowest BCUT2D eigenvalue weighted by molar-refractivity contribution is -0.0565. The first-order chi connectivity index (χ1) is 17.0. The topological polar surface area (TPSA) is 73.8 Å². The van der Waals surface area contributed by atoms with Crippen molar-refractivity contribution in [3.05, 3.63) is 35.6 Å². The Hall–Kier alpha value is -1.70. The monoisotopic (exact) mass is 491 g/mol. The minimum absolute atomic E-state index is 0.0493. The van der Waals surface area contributed by atoms with E-state index < -0.39 is 5.60 Å². The van der Waals surface area contributed by atoms with Gasteiger partial charge in [-0.2, -0.15) is 0 Å². The van der Waals surface area contributed by atoms with Gasteiger partial charge >= 0.3 is 6.03 Å². The molecule has 1 aromatic rings. The molecule has 3 atom stereocenters. The Morgan fingerprint density at radius 1 is 1.23 bits per heavy atom. The number of halogens is 1. The van der Waals surface area contributed by atoms with E-state index in [0.717, 1.165) is 38.6 Å². The predicted molar refractivity (Wildman–Crippen MR) is 138 cm³/mol. The lowest BCUT2D eigenvalue weighted by atomic mass is 9.74. The Kier molecular flexibility index (Phi) is 11.3. The van der Waals surface area contributed by atoms with Gasteiger partial charge in [-0.3, -0.25) is 0 Å². The van der Waals surface area contributed by atoms with E-state index in [1.165, 1.54) is 44.2 Å². The molecule has 198 valence electrons. The molecule has 0 spiro atoms. The molecule has 7 heteroatoms. The number of aliphatic hydroxyl groups is 1. The highest BCUT2D eigenvalue weighted by molar-refractivity contribution is 5.74. The number of amides is 2. The summed E-state index contributed by atoms with van der Waals surface area (Å²) in [7, 11) is 3.60. The third kappa shape index (κ3) is 8.16. The largest absolute Gasteiger partial charge is 0.385 e. The van der Waals surface area contributed by atoms with Crippen molar-refractivity contribution in [2.45, 2.75) is 82.3 Å². The lowest BCUT2D eigenvalue weighted by Gasteiger charge is -2.43. The Morgan fingerprint density at radius 2 is 2.03 bits per heavy atom. The average Bonchev–Trinajstić information content (AvgIpc) is 2.87. The van der Waals surface area contributed by atoms with Gasteiger partial charge in [0.25, 0.3) is 0 Å². The van der Waals surface area contributed by atoms with Crippen LogP contribution in [-0.4, -0.2) is 62.5 Å². The number of urea groups is 1. The van der Waals surface area contributed by atoms with E-state index in [1.54, 1.807) is 13.2 Å². The predicted octanol–water partition coefficient (Wildman–Crippen LogP) is 4.81. The summed E-state index contributed by atoms with van der Waals surface area (Å²) in [4.78, 5) is 15.2. The molecule has 1 aromatic carbocycles. The summed E-state index contributed by atoms with van der Waals surface area (Å²) in [5, 5.41) is 18.5. The van der Waals surface area contributed by atoms with Gasteiger partial charge in [-0.15, -0.1) is 0 Å². The minimum atomic E-state index is -1.18. The van der Waals surface area contributed by atoms with Crippen LogP contribution in [0.1, 0.15) is 76.2 Å². The maximum absolute atomic E-state index is 14.1. The summed E-state index contributed by atoms with van der Waals surface area (Å²) >= 11 is 0. The van der Waals surface area contributed by atoms with Crippen LogP contribution < -0.4 is 10.6 Å². The number of unbranched alkanes of at least 4 members (excludes halogenated alkanes) is 1. The van der Waals surface area contributed by atoms with Crippen LogP contribution in [0, 0.1) is 17.7 Å². The minimum Gasteiger partial charge on any atom is -0.385 e. The van der Waals surface area contributed by atoms with Crippen LogP contribution in [-0.2, 0) is 10.3 Å². The van der Waals surface area contributed by atoms with Gasteiger partial charge in [0.2, 0.25) is 0 Å². The molecule has 1 saturated carbocycles. The van der Waals surface area contributed by atoms with Gasteiger partial charge in [0.05, 0.1) is 5.60 Å². The summed E-state index contributed by atoms with van der Waals surface area (Å²) < 4.78 is 19.3. The number of hydrogen-bond donors (Lipinski definition) is 3. The van der Waals surface area contributed by atoms with E-state index in [-0.39, 0.29) is 23.8 Å². The van der Waals surface area contributed by atoms with Crippen molar-refractivity contribution in [1.29, 1.82) is 0 Å². The fourth-order valence-corrected chi connectivity index (χ4v) is 6.07. The van der Waals surface area contributed by atoms with Crippen molar-refractivity contribution in [3.63, 3.8) is 0 Å². The first kappa shape index (κ1) is 27.9. The number of likely N-dealkylation sites (tertiary alicyclic amines) is 1. The van der Waals surface area contributed by atoms with E-state index in [2.05, 4.69) is 10.6 Å². The maximum atomic E-state index is 14.1. The molecule has 6 nitrogen and oxygen atoms in total. The maximum Gasteiger partial charge on any atom is 0.317 e. The molecule has 2 aliphatic rings. The second-order valence-electron chi connectivity index (χ2n) is 10.6. The molecule has 1 saturated heterocycles. The SMILES string of the molecule is CNC[C@H](CC1CCCCC1)NC(=O)N1CCC[C@@H]([C@@](O)(CCCCOC)c2cccc(F)c2)C1. The van der Waals surface area contributed by atoms with Gasteiger partial charge in [-0.05, 0) is 69.2 Å². The summed E-state index contributed by atoms with van der Waals surface area (Å²) in [6.07, 6.45) is 11.2. The first-order valence-electron chi connectivity index (χ1n) is 13.6. The van der Waals surface area contributed by atoms with E-state index in [1.807, 2.05) is 18.0 Å². The quantitative estimate of drug-likeness (QED) is 0.367. The zero-order valence-corrected chi connectivity index (χ0v) is 21.7. The fourth-order valence-electron chi connectivity index (χ4n) is 6.07. The number of likely N-dealkylation sites (N-methyl/N-ethyl adjacent to an activating group) is 1. The van der Waals surface area contributed by atoms with Gasteiger partial charge in [0, 0.05) is 45.3 Å². The molecule has 3 rings (SSSR count). The van der Waals surface area contributed by atoms with Crippen LogP contribution in [0.3, 0.4) is 0 Å². The number of rotatable bonds is 12.